The predicted octanol–water partition coefficient (Wildman–Crippen LogP) is 4.12. The summed E-state index contributed by atoms with van der Waals surface area (Å²) in [7, 11) is 0. The molecule has 98 valence electrons. The first kappa shape index (κ1) is 13.9. The largest absolute Gasteiger partial charge is 0.299 e. The van der Waals surface area contributed by atoms with Gasteiger partial charge in [-0.25, -0.2) is 4.39 Å². The fraction of sp³-hybridized carbons (Fsp3) is 0.500. The van der Waals surface area contributed by atoms with E-state index in [-0.39, 0.29) is 18.0 Å². The molecule has 1 fully saturated rings. The van der Waals surface area contributed by atoms with Gasteiger partial charge in [0.15, 0.2) is 0 Å². The minimum atomic E-state index is -0.337. The van der Waals surface area contributed by atoms with Crippen LogP contribution in [-0.2, 0) is 11.2 Å². The van der Waals surface area contributed by atoms with Gasteiger partial charge in [-0.3, -0.25) is 4.79 Å². The Bertz CT molecular complexity index is 430. The van der Waals surface area contributed by atoms with Crippen LogP contribution in [-0.4, -0.2) is 17.3 Å². The third-order valence-electron chi connectivity index (χ3n) is 3.25. The van der Waals surface area contributed by atoms with Gasteiger partial charge in [0.25, 0.3) is 0 Å². The standard InChI is InChI=1S/C14H16ClFOS/c15-14-2-1-12(16)8-11(14)9-13(17)7-10-3-5-18-6-4-10/h1-2,8,10H,3-7,9H2. The molecule has 0 saturated carbocycles. The van der Waals surface area contributed by atoms with Crippen molar-refractivity contribution in [3.8, 4) is 0 Å². The zero-order valence-electron chi connectivity index (χ0n) is 10.1. The van der Waals surface area contributed by atoms with Crippen LogP contribution in [0.1, 0.15) is 24.8 Å². The highest BCUT2D eigenvalue weighted by molar-refractivity contribution is 7.99. The highest BCUT2D eigenvalue weighted by Gasteiger charge is 2.18. The summed E-state index contributed by atoms with van der Waals surface area (Å²) in [5, 5.41) is 0.476. The van der Waals surface area contributed by atoms with Crippen LogP contribution in [0.2, 0.25) is 5.02 Å². The van der Waals surface area contributed by atoms with E-state index in [2.05, 4.69) is 0 Å². The Morgan fingerprint density at radius 3 is 2.83 bits per heavy atom. The molecule has 18 heavy (non-hydrogen) atoms. The first-order chi connectivity index (χ1) is 8.65. The number of benzene rings is 1. The van der Waals surface area contributed by atoms with Crippen LogP contribution in [0.15, 0.2) is 18.2 Å². The van der Waals surface area contributed by atoms with Crippen LogP contribution in [0.25, 0.3) is 0 Å². The van der Waals surface area contributed by atoms with Gasteiger partial charge in [-0.1, -0.05) is 11.6 Å². The molecule has 2 rings (SSSR count). The number of ketones is 1. The molecule has 1 aliphatic heterocycles. The normalized spacial score (nSPS) is 16.8. The Balaban J connectivity index is 1.92. The Hall–Kier alpha value is -0.540. The molecule has 0 radical (unpaired) electrons. The van der Waals surface area contributed by atoms with Crippen molar-refractivity contribution in [2.45, 2.75) is 25.7 Å². The molecule has 0 N–H and O–H groups in total. The predicted molar refractivity (Wildman–Crippen MR) is 74.8 cm³/mol. The van der Waals surface area contributed by atoms with E-state index in [1.807, 2.05) is 11.8 Å². The number of hydrogen-bond acceptors (Lipinski definition) is 2. The van der Waals surface area contributed by atoms with E-state index in [0.717, 1.165) is 24.3 Å². The molecule has 1 aromatic carbocycles. The van der Waals surface area contributed by atoms with Gasteiger partial charge in [0, 0.05) is 17.9 Å². The molecule has 0 atom stereocenters. The summed E-state index contributed by atoms with van der Waals surface area (Å²) in [6.45, 7) is 0. The molecule has 0 amide bonds. The number of carbonyl (C=O) groups is 1. The van der Waals surface area contributed by atoms with Gasteiger partial charge < -0.3 is 0 Å². The van der Waals surface area contributed by atoms with Gasteiger partial charge >= 0.3 is 0 Å². The molecular formula is C14H16ClFOS. The van der Waals surface area contributed by atoms with E-state index in [1.54, 1.807) is 0 Å². The molecule has 4 heteroatoms. The van der Waals surface area contributed by atoms with Crippen LogP contribution >= 0.6 is 23.4 Å². The summed E-state index contributed by atoms with van der Waals surface area (Å²) in [4.78, 5) is 12.0. The topological polar surface area (TPSA) is 17.1 Å². The van der Waals surface area contributed by atoms with Crippen molar-refractivity contribution in [1.29, 1.82) is 0 Å². The Morgan fingerprint density at radius 2 is 2.11 bits per heavy atom. The smallest absolute Gasteiger partial charge is 0.137 e. The quantitative estimate of drug-likeness (QED) is 0.828. The molecule has 0 spiro atoms. The minimum Gasteiger partial charge on any atom is -0.299 e. The van der Waals surface area contributed by atoms with Gasteiger partial charge in [-0.15, -0.1) is 0 Å². The van der Waals surface area contributed by atoms with Gasteiger partial charge in [0.05, 0.1) is 0 Å². The first-order valence-corrected chi connectivity index (χ1v) is 7.72. The van der Waals surface area contributed by atoms with Crippen molar-refractivity contribution in [1.82, 2.24) is 0 Å². The fourth-order valence-electron chi connectivity index (χ4n) is 2.24. The summed E-state index contributed by atoms with van der Waals surface area (Å²) in [6, 6.07) is 4.18. The third kappa shape index (κ3) is 3.99. The van der Waals surface area contributed by atoms with Crippen molar-refractivity contribution in [3.05, 3.63) is 34.6 Å². The number of rotatable bonds is 4. The van der Waals surface area contributed by atoms with Crippen LogP contribution in [0.5, 0.6) is 0 Å². The lowest BCUT2D eigenvalue weighted by Crippen LogP contribution is -2.15. The van der Waals surface area contributed by atoms with Crippen molar-refractivity contribution < 1.29 is 9.18 Å². The lowest BCUT2D eigenvalue weighted by molar-refractivity contribution is -0.119. The van der Waals surface area contributed by atoms with E-state index >= 15 is 0 Å². The first-order valence-electron chi connectivity index (χ1n) is 6.18. The van der Waals surface area contributed by atoms with Crippen LogP contribution in [0.3, 0.4) is 0 Å². The summed E-state index contributed by atoms with van der Waals surface area (Å²) in [6.07, 6.45) is 3.09. The summed E-state index contributed by atoms with van der Waals surface area (Å²) < 4.78 is 13.1. The third-order valence-corrected chi connectivity index (χ3v) is 4.67. The van der Waals surface area contributed by atoms with Crippen molar-refractivity contribution >= 4 is 29.1 Å². The molecule has 1 aliphatic rings. The zero-order valence-corrected chi connectivity index (χ0v) is 11.7. The van der Waals surface area contributed by atoms with Gasteiger partial charge in [-0.2, -0.15) is 11.8 Å². The molecule has 1 nitrogen and oxygen atoms in total. The average Bonchev–Trinajstić information content (AvgIpc) is 2.35. The summed E-state index contributed by atoms with van der Waals surface area (Å²) in [5.74, 6) is 2.64. The number of carbonyl (C=O) groups excluding carboxylic acids is 1. The maximum absolute atomic E-state index is 13.1. The molecule has 0 bridgehead atoms. The lowest BCUT2D eigenvalue weighted by atomic mass is 9.94. The Labute approximate surface area is 116 Å². The van der Waals surface area contributed by atoms with Crippen molar-refractivity contribution in [2.24, 2.45) is 5.92 Å². The molecular weight excluding hydrogens is 271 g/mol. The minimum absolute atomic E-state index is 0.166. The van der Waals surface area contributed by atoms with E-state index < -0.39 is 0 Å². The summed E-state index contributed by atoms with van der Waals surface area (Å²) >= 11 is 7.91. The molecule has 0 aliphatic carbocycles. The van der Waals surface area contributed by atoms with Gasteiger partial charge in [0.2, 0.25) is 0 Å². The Kier molecular flexibility index (Phi) is 5.07. The molecule has 0 aromatic heterocycles. The van der Waals surface area contributed by atoms with Crippen LogP contribution in [0.4, 0.5) is 4.39 Å². The van der Waals surface area contributed by atoms with Crippen molar-refractivity contribution in [2.75, 3.05) is 11.5 Å². The summed E-state index contributed by atoms with van der Waals surface area (Å²) in [5.41, 5.74) is 0.604. The molecule has 1 heterocycles. The maximum Gasteiger partial charge on any atom is 0.137 e. The van der Waals surface area contributed by atoms with E-state index in [0.29, 0.717) is 22.9 Å². The van der Waals surface area contributed by atoms with E-state index in [1.165, 1.54) is 18.2 Å². The second kappa shape index (κ2) is 6.58. The van der Waals surface area contributed by atoms with E-state index in [9.17, 15) is 9.18 Å². The van der Waals surface area contributed by atoms with Gasteiger partial charge in [0.1, 0.15) is 11.6 Å². The van der Waals surface area contributed by atoms with Gasteiger partial charge in [-0.05, 0) is 54.0 Å². The van der Waals surface area contributed by atoms with E-state index in [4.69, 9.17) is 11.6 Å². The second-order valence-corrected chi connectivity index (χ2v) is 6.34. The molecule has 1 saturated heterocycles. The maximum atomic E-state index is 13.1. The SMILES string of the molecule is O=C(Cc1cc(F)ccc1Cl)CC1CCSCC1. The number of halogens is 2. The van der Waals surface area contributed by atoms with Crippen LogP contribution in [0, 0.1) is 11.7 Å². The molecule has 0 unspecified atom stereocenters. The number of hydrogen-bond donors (Lipinski definition) is 0. The second-order valence-electron chi connectivity index (χ2n) is 4.71. The monoisotopic (exact) mass is 286 g/mol. The highest BCUT2D eigenvalue weighted by atomic mass is 35.5. The zero-order chi connectivity index (χ0) is 13.0. The Morgan fingerprint density at radius 1 is 1.39 bits per heavy atom. The van der Waals surface area contributed by atoms with Crippen LogP contribution < -0.4 is 0 Å². The molecule has 1 aromatic rings. The highest BCUT2D eigenvalue weighted by Crippen LogP contribution is 2.26. The average molecular weight is 287 g/mol. The van der Waals surface area contributed by atoms with Crippen molar-refractivity contribution in [3.63, 3.8) is 0 Å². The number of Topliss-reactive ketones (excluding diaryl/α,β-unsaturated/α-hetero) is 1. The number of thioether (sulfide) groups is 1. The lowest BCUT2D eigenvalue weighted by Gasteiger charge is -2.20. The fourth-order valence-corrected chi connectivity index (χ4v) is 3.62.